The Kier molecular flexibility index (Phi) is 4.92. The van der Waals surface area contributed by atoms with Gasteiger partial charge in [-0.2, -0.15) is 5.10 Å². The van der Waals surface area contributed by atoms with Gasteiger partial charge in [-0.05, 0) is 49.6 Å². The fraction of sp³-hybridized carbons (Fsp3) is 0.412. The molecule has 0 saturated carbocycles. The van der Waals surface area contributed by atoms with Crippen molar-refractivity contribution in [3.63, 3.8) is 0 Å². The molecule has 0 aliphatic carbocycles. The summed E-state index contributed by atoms with van der Waals surface area (Å²) in [5.74, 6) is 0. The van der Waals surface area contributed by atoms with Crippen molar-refractivity contribution in [3.8, 4) is 5.69 Å². The molecule has 122 valence electrons. The molecule has 1 aliphatic rings. The molecule has 0 bridgehead atoms. The summed E-state index contributed by atoms with van der Waals surface area (Å²) in [5, 5.41) is 7.08. The fourth-order valence-corrected chi connectivity index (χ4v) is 2.68. The minimum atomic E-state index is -0.119. The molecule has 0 radical (unpaired) electrons. The van der Waals surface area contributed by atoms with Gasteiger partial charge in [0.05, 0.1) is 11.8 Å². The minimum absolute atomic E-state index is 0.119. The molecule has 6 nitrogen and oxygen atoms in total. The van der Waals surface area contributed by atoms with Crippen molar-refractivity contribution in [3.05, 3.63) is 42.7 Å². The van der Waals surface area contributed by atoms with Gasteiger partial charge < -0.3 is 15.0 Å². The van der Waals surface area contributed by atoms with Gasteiger partial charge in [-0.25, -0.2) is 9.48 Å². The van der Waals surface area contributed by atoms with Crippen molar-refractivity contribution in [1.82, 2.24) is 14.7 Å². The number of hydrogen-bond donors (Lipinski definition) is 1. The summed E-state index contributed by atoms with van der Waals surface area (Å²) in [6.07, 6.45) is 7.09. The first-order chi connectivity index (χ1) is 11.2. The van der Waals surface area contributed by atoms with Gasteiger partial charge in [0, 0.05) is 38.3 Å². The molecule has 1 aromatic carbocycles. The lowest BCUT2D eigenvalue weighted by Gasteiger charge is -2.27. The van der Waals surface area contributed by atoms with Crippen LogP contribution in [0.1, 0.15) is 19.3 Å². The summed E-state index contributed by atoms with van der Waals surface area (Å²) in [6, 6.07) is 9.35. The van der Waals surface area contributed by atoms with E-state index in [9.17, 15) is 4.79 Å². The van der Waals surface area contributed by atoms with E-state index in [0.29, 0.717) is 6.54 Å². The molecular weight excluding hydrogens is 292 g/mol. The summed E-state index contributed by atoms with van der Waals surface area (Å²) in [6.45, 7) is 1.42. The van der Waals surface area contributed by atoms with E-state index in [1.165, 1.54) is 6.42 Å². The molecule has 1 atom stereocenters. The van der Waals surface area contributed by atoms with Gasteiger partial charge in [0.1, 0.15) is 0 Å². The Morgan fingerprint density at radius 3 is 2.87 bits per heavy atom. The number of aromatic nitrogens is 2. The number of likely N-dealkylation sites (N-methyl/N-ethyl adjacent to an activating group) is 1. The fourth-order valence-electron chi connectivity index (χ4n) is 2.68. The van der Waals surface area contributed by atoms with Crippen LogP contribution in [-0.2, 0) is 4.74 Å². The van der Waals surface area contributed by atoms with Gasteiger partial charge in [-0.1, -0.05) is 0 Å². The van der Waals surface area contributed by atoms with Crippen LogP contribution >= 0.6 is 0 Å². The van der Waals surface area contributed by atoms with Crippen molar-refractivity contribution in [2.24, 2.45) is 0 Å². The first-order valence-electron chi connectivity index (χ1n) is 7.96. The van der Waals surface area contributed by atoms with E-state index in [1.54, 1.807) is 22.8 Å². The van der Waals surface area contributed by atoms with E-state index in [0.717, 1.165) is 30.8 Å². The van der Waals surface area contributed by atoms with Crippen molar-refractivity contribution in [2.45, 2.75) is 25.4 Å². The molecule has 1 N–H and O–H groups in total. The number of carbonyl (C=O) groups excluding carboxylic acids is 1. The summed E-state index contributed by atoms with van der Waals surface area (Å²) >= 11 is 0. The monoisotopic (exact) mass is 314 g/mol. The van der Waals surface area contributed by atoms with Crippen LogP contribution in [0.15, 0.2) is 42.7 Å². The average molecular weight is 314 g/mol. The zero-order valence-corrected chi connectivity index (χ0v) is 13.3. The van der Waals surface area contributed by atoms with Crippen molar-refractivity contribution >= 4 is 11.7 Å². The van der Waals surface area contributed by atoms with E-state index in [1.807, 2.05) is 36.5 Å². The smallest absolute Gasteiger partial charge is 0.321 e. The lowest BCUT2D eigenvalue weighted by molar-refractivity contribution is 0.00463. The third kappa shape index (κ3) is 4.10. The predicted octanol–water partition coefficient (Wildman–Crippen LogP) is 2.91. The highest BCUT2D eigenvalue weighted by Crippen LogP contribution is 2.15. The highest BCUT2D eigenvalue weighted by atomic mass is 16.5. The molecule has 3 rings (SSSR count). The van der Waals surface area contributed by atoms with Crippen LogP contribution in [0.25, 0.3) is 5.69 Å². The largest absolute Gasteiger partial charge is 0.376 e. The van der Waals surface area contributed by atoms with Gasteiger partial charge >= 0.3 is 6.03 Å². The zero-order chi connectivity index (χ0) is 16.1. The van der Waals surface area contributed by atoms with Crippen LogP contribution in [-0.4, -0.2) is 47.0 Å². The van der Waals surface area contributed by atoms with Crippen LogP contribution < -0.4 is 5.32 Å². The van der Waals surface area contributed by atoms with Crippen LogP contribution in [0.4, 0.5) is 10.5 Å². The normalized spacial score (nSPS) is 17.7. The van der Waals surface area contributed by atoms with Crippen molar-refractivity contribution in [2.75, 3.05) is 25.5 Å². The summed E-state index contributed by atoms with van der Waals surface area (Å²) in [4.78, 5) is 13.9. The van der Waals surface area contributed by atoms with Crippen LogP contribution in [0, 0.1) is 0 Å². The number of anilines is 1. The number of rotatable bonds is 4. The highest BCUT2D eigenvalue weighted by Gasteiger charge is 2.18. The van der Waals surface area contributed by atoms with E-state index in [2.05, 4.69) is 10.4 Å². The zero-order valence-electron chi connectivity index (χ0n) is 13.3. The van der Waals surface area contributed by atoms with Crippen molar-refractivity contribution < 1.29 is 9.53 Å². The van der Waals surface area contributed by atoms with Gasteiger partial charge in [0.2, 0.25) is 0 Å². The molecule has 6 heteroatoms. The lowest BCUT2D eigenvalue weighted by atomic mass is 10.1. The number of ether oxygens (including phenoxy) is 1. The Bertz CT molecular complexity index is 619. The first kappa shape index (κ1) is 15.6. The molecular formula is C17H22N4O2. The molecule has 2 heterocycles. The second kappa shape index (κ2) is 7.28. The maximum absolute atomic E-state index is 12.2. The quantitative estimate of drug-likeness (QED) is 0.944. The van der Waals surface area contributed by atoms with Crippen LogP contribution in [0.5, 0.6) is 0 Å². The summed E-state index contributed by atoms with van der Waals surface area (Å²) in [5.41, 5.74) is 1.72. The number of urea groups is 1. The number of nitrogens with one attached hydrogen (secondary N) is 1. The summed E-state index contributed by atoms with van der Waals surface area (Å²) in [7, 11) is 1.80. The Morgan fingerprint density at radius 1 is 1.39 bits per heavy atom. The maximum Gasteiger partial charge on any atom is 0.321 e. The maximum atomic E-state index is 12.2. The Morgan fingerprint density at radius 2 is 2.22 bits per heavy atom. The molecule has 2 amide bonds. The number of benzene rings is 1. The Labute approximate surface area is 136 Å². The third-order valence-electron chi connectivity index (χ3n) is 3.99. The number of amides is 2. The topological polar surface area (TPSA) is 59.4 Å². The third-order valence-corrected chi connectivity index (χ3v) is 3.99. The molecule has 0 spiro atoms. The Hall–Kier alpha value is -2.34. The predicted molar refractivity (Wildman–Crippen MR) is 88.8 cm³/mol. The van der Waals surface area contributed by atoms with Crippen molar-refractivity contribution in [1.29, 1.82) is 0 Å². The molecule has 0 unspecified atom stereocenters. The van der Waals surface area contributed by atoms with Gasteiger partial charge in [-0.15, -0.1) is 0 Å². The highest BCUT2D eigenvalue weighted by molar-refractivity contribution is 5.89. The molecule has 2 aromatic rings. The van der Waals surface area contributed by atoms with Crippen LogP contribution in [0.2, 0.25) is 0 Å². The van der Waals surface area contributed by atoms with E-state index < -0.39 is 0 Å². The summed E-state index contributed by atoms with van der Waals surface area (Å²) < 4.78 is 7.45. The number of nitrogens with zero attached hydrogens (tertiary/aromatic N) is 3. The van der Waals surface area contributed by atoms with Crippen LogP contribution in [0.3, 0.4) is 0 Å². The van der Waals surface area contributed by atoms with E-state index in [-0.39, 0.29) is 12.1 Å². The first-order valence-corrected chi connectivity index (χ1v) is 7.96. The number of hydrogen-bond acceptors (Lipinski definition) is 3. The minimum Gasteiger partial charge on any atom is -0.376 e. The standard InChI is InChI=1S/C17H22N4O2/c1-20(13-16-5-2-3-12-23-16)17(22)19-14-6-8-15(9-7-14)21-11-4-10-18-21/h4,6-11,16H,2-3,5,12-13H2,1H3,(H,19,22)/t16-/m1/s1. The molecule has 1 aliphatic heterocycles. The second-order valence-corrected chi connectivity index (χ2v) is 5.80. The van der Waals surface area contributed by atoms with E-state index in [4.69, 9.17) is 4.74 Å². The average Bonchev–Trinajstić information content (AvgIpc) is 3.11. The van der Waals surface area contributed by atoms with Gasteiger partial charge in [0.25, 0.3) is 0 Å². The lowest BCUT2D eigenvalue weighted by Crippen LogP contribution is -2.39. The Balaban J connectivity index is 1.54. The van der Waals surface area contributed by atoms with E-state index >= 15 is 0 Å². The molecule has 1 saturated heterocycles. The number of carbonyl (C=O) groups is 1. The van der Waals surface area contributed by atoms with Gasteiger partial charge in [0.15, 0.2) is 0 Å². The molecule has 23 heavy (non-hydrogen) atoms. The SMILES string of the molecule is CN(C[C@H]1CCCCO1)C(=O)Nc1ccc(-n2cccn2)cc1. The van der Waals surface area contributed by atoms with Gasteiger partial charge in [-0.3, -0.25) is 0 Å². The molecule has 1 aromatic heterocycles. The second-order valence-electron chi connectivity index (χ2n) is 5.80. The molecule has 1 fully saturated rings.